The third-order valence-corrected chi connectivity index (χ3v) is 3.35. The van der Waals surface area contributed by atoms with E-state index < -0.39 is 24.7 Å². The molecule has 0 saturated heterocycles. The molecule has 0 fully saturated rings. The van der Waals surface area contributed by atoms with Gasteiger partial charge in [-0.05, 0) is 24.3 Å². The topological polar surface area (TPSA) is 77.5 Å². The van der Waals surface area contributed by atoms with Gasteiger partial charge in [-0.2, -0.15) is 13.2 Å². The Hall–Kier alpha value is -2.81. The summed E-state index contributed by atoms with van der Waals surface area (Å²) in [4.78, 5) is 27.4. The highest BCUT2D eigenvalue weighted by Gasteiger charge is 2.28. The molecule has 6 nitrogen and oxygen atoms in total. The number of anilines is 1. The lowest BCUT2D eigenvalue weighted by Gasteiger charge is -2.10. The fraction of sp³-hybridized carbons (Fsp3) is 0.188. The van der Waals surface area contributed by atoms with Crippen molar-refractivity contribution in [3.63, 3.8) is 0 Å². The van der Waals surface area contributed by atoms with Crippen LogP contribution in [0.15, 0.2) is 36.5 Å². The van der Waals surface area contributed by atoms with Crippen LogP contribution in [-0.4, -0.2) is 36.8 Å². The van der Waals surface area contributed by atoms with Crippen molar-refractivity contribution in [1.82, 2.24) is 4.98 Å². The second-order valence-electron chi connectivity index (χ2n) is 4.93. The van der Waals surface area contributed by atoms with Crippen LogP contribution in [0.5, 0.6) is 5.88 Å². The molecule has 0 aliphatic carbocycles. The summed E-state index contributed by atoms with van der Waals surface area (Å²) < 4.78 is 45.3. The molecule has 10 heteroatoms. The number of rotatable bonds is 5. The van der Waals surface area contributed by atoms with Crippen molar-refractivity contribution >= 4 is 29.2 Å². The minimum absolute atomic E-state index is 0.0592. The number of nitrogens with one attached hydrogen (secondary N) is 1. The van der Waals surface area contributed by atoms with Gasteiger partial charge in [0.05, 0.1) is 28.9 Å². The first-order valence-corrected chi connectivity index (χ1v) is 7.42. The molecule has 0 atom stereocenters. The van der Waals surface area contributed by atoms with E-state index in [4.69, 9.17) is 11.6 Å². The van der Waals surface area contributed by atoms with Crippen LogP contribution in [0.3, 0.4) is 0 Å². The van der Waals surface area contributed by atoms with E-state index in [2.05, 4.69) is 19.8 Å². The maximum atomic E-state index is 12.2. The third-order valence-electron chi connectivity index (χ3n) is 3.02. The van der Waals surface area contributed by atoms with Crippen LogP contribution in [0.1, 0.15) is 20.7 Å². The fourth-order valence-corrected chi connectivity index (χ4v) is 1.98. The van der Waals surface area contributed by atoms with Gasteiger partial charge in [-0.1, -0.05) is 11.6 Å². The third kappa shape index (κ3) is 5.35. The Kier molecular flexibility index (Phi) is 6.04. The van der Waals surface area contributed by atoms with Gasteiger partial charge < -0.3 is 14.8 Å². The average molecular weight is 389 g/mol. The average Bonchev–Trinajstić information content (AvgIpc) is 2.61. The predicted molar refractivity (Wildman–Crippen MR) is 86.5 cm³/mol. The van der Waals surface area contributed by atoms with Gasteiger partial charge >= 0.3 is 12.1 Å². The highest BCUT2D eigenvalue weighted by Crippen LogP contribution is 2.24. The van der Waals surface area contributed by atoms with E-state index in [1.165, 1.54) is 31.4 Å². The summed E-state index contributed by atoms with van der Waals surface area (Å²) in [7, 11) is 1.21. The van der Waals surface area contributed by atoms with E-state index in [1.54, 1.807) is 0 Å². The van der Waals surface area contributed by atoms with E-state index >= 15 is 0 Å². The minimum Gasteiger partial charge on any atom is -0.468 e. The maximum Gasteiger partial charge on any atom is 0.422 e. The number of hydrogen-bond acceptors (Lipinski definition) is 5. The molecule has 0 bridgehead atoms. The van der Waals surface area contributed by atoms with Crippen molar-refractivity contribution in [2.45, 2.75) is 6.18 Å². The number of carbonyl (C=O) groups is 2. The Balaban J connectivity index is 2.09. The molecule has 1 N–H and O–H groups in total. The van der Waals surface area contributed by atoms with Crippen LogP contribution in [-0.2, 0) is 4.74 Å². The molecule has 0 aliphatic heterocycles. The van der Waals surface area contributed by atoms with Crippen LogP contribution < -0.4 is 10.1 Å². The van der Waals surface area contributed by atoms with Gasteiger partial charge in [0.15, 0.2) is 6.61 Å². The Bertz CT molecular complexity index is 810. The summed E-state index contributed by atoms with van der Waals surface area (Å²) in [5, 5.41) is 2.67. The van der Waals surface area contributed by atoms with Gasteiger partial charge in [0.1, 0.15) is 0 Å². The molecule has 1 amide bonds. The van der Waals surface area contributed by atoms with Crippen molar-refractivity contribution in [3.8, 4) is 5.88 Å². The molecule has 0 saturated carbocycles. The number of aromatic nitrogens is 1. The van der Waals surface area contributed by atoms with Crippen LogP contribution >= 0.6 is 11.6 Å². The second-order valence-corrected chi connectivity index (χ2v) is 5.34. The zero-order valence-corrected chi connectivity index (χ0v) is 14.0. The molecule has 0 aliphatic rings. The predicted octanol–water partition coefficient (Wildman–Crippen LogP) is 3.72. The number of alkyl halides is 3. The van der Waals surface area contributed by atoms with Gasteiger partial charge in [0, 0.05) is 12.3 Å². The Morgan fingerprint density at radius 1 is 1.19 bits per heavy atom. The number of pyridine rings is 1. The zero-order valence-electron chi connectivity index (χ0n) is 13.3. The van der Waals surface area contributed by atoms with E-state index in [0.29, 0.717) is 0 Å². The summed E-state index contributed by atoms with van der Waals surface area (Å²) in [5.41, 5.74) is 0.405. The lowest BCUT2D eigenvalue weighted by molar-refractivity contribution is -0.154. The zero-order chi connectivity index (χ0) is 19.3. The Labute approximate surface area is 150 Å². The summed E-state index contributed by atoms with van der Waals surface area (Å²) in [6, 6.07) is 6.55. The fourth-order valence-electron chi connectivity index (χ4n) is 1.82. The Morgan fingerprint density at radius 3 is 2.46 bits per heavy atom. The SMILES string of the molecule is COC(=O)c1ccc(Cl)c(NC(=O)c2ccc(OCC(F)(F)F)nc2)c1. The molecule has 0 radical (unpaired) electrons. The summed E-state index contributed by atoms with van der Waals surface area (Å²) in [6.45, 7) is -1.48. The van der Waals surface area contributed by atoms with Gasteiger partial charge in [0.2, 0.25) is 5.88 Å². The molecule has 26 heavy (non-hydrogen) atoms. The van der Waals surface area contributed by atoms with Gasteiger partial charge in [-0.25, -0.2) is 9.78 Å². The normalized spacial score (nSPS) is 11.0. The molecule has 2 rings (SSSR count). The molecule has 138 valence electrons. The molecule has 0 spiro atoms. The standard InChI is InChI=1S/C16H12ClF3N2O4/c1-25-15(24)9-2-4-11(17)12(6-9)22-14(23)10-3-5-13(21-7-10)26-8-16(18,19)20/h2-7H,8H2,1H3,(H,22,23). The van der Waals surface area contributed by atoms with Gasteiger partial charge in [-0.3, -0.25) is 4.79 Å². The molecular weight excluding hydrogens is 377 g/mol. The largest absolute Gasteiger partial charge is 0.468 e. The van der Waals surface area contributed by atoms with E-state index in [9.17, 15) is 22.8 Å². The Morgan fingerprint density at radius 2 is 1.88 bits per heavy atom. The molecular formula is C16H12ClF3N2O4. The van der Waals surface area contributed by atoms with E-state index in [-0.39, 0.29) is 27.7 Å². The number of carbonyl (C=O) groups excluding carboxylic acids is 2. The van der Waals surface area contributed by atoms with Crippen molar-refractivity contribution in [3.05, 3.63) is 52.7 Å². The molecule has 0 unspecified atom stereocenters. The first-order chi connectivity index (χ1) is 12.2. The van der Waals surface area contributed by atoms with E-state index in [0.717, 1.165) is 12.3 Å². The lowest BCUT2D eigenvalue weighted by Crippen LogP contribution is -2.19. The van der Waals surface area contributed by atoms with Gasteiger partial charge in [0.25, 0.3) is 5.91 Å². The summed E-state index contributed by atoms with van der Waals surface area (Å²) >= 11 is 5.98. The maximum absolute atomic E-state index is 12.2. The van der Waals surface area contributed by atoms with Crippen LogP contribution in [0, 0.1) is 0 Å². The molecule has 1 aromatic carbocycles. The lowest BCUT2D eigenvalue weighted by atomic mass is 10.2. The monoisotopic (exact) mass is 388 g/mol. The first kappa shape index (κ1) is 19.5. The van der Waals surface area contributed by atoms with E-state index in [1.807, 2.05) is 0 Å². The molecule has 1 aromatic heterocycles. The smallest absolute Gasteiger partial charge is 0.422 e. The van der Waals surface area contributed by atoms with Crippen LogP contribution in [0.2, 0.25) is 5.02 Å². The number of nitrogens with zero attached hydrogens (tertiary/aromatic N) is 1. The molecule has 1 heterocycles. The van der Waals surface area contributed by atoms with Crippen molar-refractivity contribution in [1.29, 1.82) is 0 Å². The number of amides is 1. The highest BCUT2D eigenvalue weighted by molar-refractivity contribution is 6.34. The van der Waals surface area contributed by atoms with Crippen LogP contribution in [0.25, 0.3) is 0 Å². The number of hydrogen-bond donors (Lipinski definition) is 1. The van der Waals surface area contributed by atoms with Crippen molar-refractivity contribution < 1.29 is 32.2 Å². The quantitative estimate of drug-likeness (QED) is 0.790. The van der Waals surface area contributed by atoms with Crippen LogP contribution in [0.4, 0.5) is 18.9 Å². The summed E-state index contributed by atoms with van der Waals surface area (Å²) in [6.07, 6.45) is -3.43. The number of ether oxygens (including phenoxy) is 2. The molecule has 2 aromatic rings. The number of benzene rings is 1. The van der Waals surface area contributed by atoms with Crippen molar-refractivity contribution in [2.75, 3.05) is 19.0 Å². The highest BCUT2D eigenvalue weighted by atomic mass is 35.5. The van der Waals surface area contributed by atoms with Gasteiger partial charge in [-0.15, -0.1) is 0 Å². The number of halogens is 4. The van der Waals surface area contributed by atoms with Crippen molar-refractivity contribution in [2.24, 2.45) is 0 Å². The number of methoxy groups -OCH3 is 1. The first-order valence-electron chi connectivity index (χ1n) is 7.04. The second kappa shape index (κ2) is 8.05. The number of esters is 1. The minimum atomic E-state index is -4.49. The summed E-state index contributed by atoms with van der Waals surface area (Å²) in [5.74, 6) is -1.50.